The van der Waals surface area contributed by atoms with Crippen molar-refractivity contribution in [2.75, 3.05) is 0 Å². The SMILES string of the molecule is CC1=C(C)c2cc3cc4cc5ccccc5cc4cc3cc2C(C)(C)C1. The molecule has 0 saturated carbocycles. The minimum absolute atomic E-state index is 0.200. The van der Waals surface area contributed by atoms with Gasteiger partial charge in [0.2, 0.25) is 0 Å². The van der Waals surface area contributed by atoms with E-state index in [-0.39, 0.29) is 5.41 Å². The van der Waals surface area contributed by atoms with Gasteiger partial charge in [0, 0.05) is 0 Å². The van der Waals surface area contributed by atoms with E-state index in [9.17, 15) is 0 Å². The first-order chi connectivity index (χ1) is 12.4. The lowest BCUT2D eigenvalue weighted by molar-refractivity contribution is 0.512. The Bertz CT molecular complexity index is 1240. The minimum atomic E-state index is 0.200. The maximum absolute atomic E-state index is 2.44. The highest BCUT2D eigenvalue weighted by atomic mass is 14.3. The molecular weight excluding hydrogens is 312 g/mol. The Morgan fingerprint density at radius 2 is 1.15 bits per heavy atom. The molecule has 0 N–H and O–H groups in total. The van der Waals surface area contributed by atoms with Crippen molar-refractivity contribution >= 4 is 37.9 Å². The van der Waals surface area contributed by atoms with Crippen LogP contribution < -0.4 is 0 Å². The number of hydrogen-bond acceptors (Lipinski definition) is 0. The highest BCUT2D eigenvalue weighted by Gasteiger charge is 2.29. The smallest absolute Gasteiger partial charge is 0.00601 e. The van der Waals surface area contributed by atoms with Gasteiger partial charge in [-0.15, -0.1) is 0 Å². The summed E-state index contributed by atoms with van der Waals surface area (Å²) in [6.45, 7) is 9.32. The van der Waals surface area contributed by atoms with E-state index in [1.807, 2.05) is 0 Å². The van der Waals surface area contributed by atoms with Crippen molar-refractivity contribution in [2.24, 2.45) is 0 Å². The lowest BCUT2D eigenvalue weighted by Crippen LogP contribution is -2.23. The second-order valence-corrected chi connectivity index (χ2v) is 8.61. The van der Waals surface area contributed by atoms with Gasteiger partial charge in [-0.3, -0.25) is 0 Å². The van der Waals surface area contributed by atoms with Crippen LogP contribution >= 0.6 is 0 Å². The molecule has 0 nitrogen and oxygen atoms in total. The Labute approximate surface area is 155 Å². The molecule has 26 heavy (non-hydrogen) atoms. The zero-order chi connectivity index (χ0) is 18.1. The van der Waals surface area contributed by atoms with E-state index in [0.717, 1.165) is 6.42 Å². The molecule has 0 fully saturated rings. The van der Waals surface area contributed by atoms with Gasteiger partial charge in [-0.2, -0.15) is 0 Å². The van der Waals surface area contributed by atoms with Gasteiger partial charge in [0.1, 0.15) is 0 Å². The maximum atomic E-state index is 2.44. The molecule has 1 aliphatic rings. The van der Waals surface area contributed by atoms with Crippen LogP contribution in [0.3, 0.4) is 0 Å². The minimum Gasteiger partial charge on any atom is -0.0689 e. The monoisotopic (exact) mass is 336 g/mol. The van der Waals surface area contributed by atoms with Gasteiger partial charge in [0.25, 0.3) is 0 Å². The number of rotatable bonds is 0. The largest absolute Gasteiger partial charge is 0.0689 e. The van der Waals surface area contributed by atoms with Crippen molar-refractivity contribution < 1.29 is 0 Å². The van der Waals surface area contributed by atoms with Crippen LogP contribution in [0.5, 0.6) is 0 Å². The molecule has 4 aromatic rings. The van der Waals surface area contributed by atoms with Gasteiger partial charge in [-0.1, -0.05) is 43.7 Å². The van der Waals surface area contributed by atoms with E-state index in [1.54, 1.807) is 0 Å². The zero-order valence-corrected chi connectivity index (χ0v) is 16.0. The van der Waals surface area contributed by atoms with Crippen molar-refractivity contribution in [1.82, 2.24) is 0 Å². The summed E-state index contributed by atoms with van der Waals surface area (Å²) in [6, 6.07) is 22.9. The van der Waals surface area contributed by atoms with Crippen molar-refractivity contribution in [1.29, 1.82) is 0 Å². The summed E-state index contributed by atoms with van der Waals surface area (Å²) in [4.78, 5) is 0. The van der Waals surface area contributed by atoms with Crippen LogP contribution in [0.25, 0.3) is 37.9 Å². The molecular formula is C26H24. The van der Waals surface area contributed by atoms with Crippen LogP contribution in [0.15, 0.2) is 66.2 Å². The van der Waals surface area contributed by atoms with Gasteiger partial charge in [0.15, 0.2) is 0 Å². The van der Waals surface area contributed by atoms with Crippen LogP contribution in [0.2, 0.25) is 0 Å². The second-order valence-electron chi connectivity index (χ2n) is 8.61. The van der Waals surface area contributed by atoms with Crippen molar-refractivity contribution in [3.63, 3.8) is 0 Å². The lowest BCUT2D eigenvalue weighted by Gasteiger charge is -2.34. The molecule has 4 aromatic carbocycles. The van der Waals surface area contributed by atoms with Gasteiger partial charge in [0.05, 0.1) is 0 Å². The molecule has 0 radical (unpaired) electrons. The highest BCUT2D eigenvalue weighted by molar-refractivity contribution is 6.05. The fraction of sp³-hybridized carbons (Fsp3) is 0.231. The molecule has 0 aromatic heterocycles. The maximum Gasteiger partial charge on any atom is -0.00601 e. The molecule has 5 rings (SSSR count). The first kappa shape index (κ1) is 15.6. The second kappa shape index (κ2) is 5.20. The van der Waals surface area contributed by atoms with E-state index < -0.39 is 0 Å². The van der Waals surface area contributed by atoms with E-state index >= 15 is 0 Å². The average Bonchev–Trinajstić information content (AvgIpc) is 2.61. The predicted molar refractivity (Wildman–Crippen MR) is 115 cm³/mol. The molecule has 0 atom stereocenters. The van der Waals surface area contributed by atoms with Crippen molar-refractivity contribution in [3.05, 3.63) is 77.4 Å². The molecule has 0 amide bonds. The summed E-state index contributed by atoms with van der Waals surface area (Å²) >= 11 is 0. The lowest BCUT2D eigenvalue weighted by atomic mass is 9.70. The fourth-order valence-corrected chi connectivity index (χ4v) is 4.73. The summed E-state index contributed by atoms with van der Waals surface area (Å²) in [5.74, 6) is 0. The van der Waals surface area contributed by atoms with E-state index in [1.165, 1.54) is 54.6 Å². The Kier molecular flexibility index (Phi) is 3.13. The Morgan fingerprint density at radius 3 is 1.77 bits per heavy atom. The van der Waals surface area contributed by atoms with Crippen LogP contribution in [0.4, 0.5) is 0 Å². The molecule has 128 valence electrons. The molecule has 0 heteroatoms. The first-order valence-corrected chi connectivity index (χ1v) is 9.50. The third-order valence-electron chi connectivity index (χ3n) is 6.28. The quantitative estimate of drug-likeness (QED) is 0.290. The van der Waals surface area contributed by atoms with Crippen LogP contribution in [0, 0.1) is 0 Å². The molecule has 1 aliphatic carbocycles. The summed E-state index contributed by atoms with van der Waals surface area (Å²) in [7, 11) is 0. The molecule has 0 bridgehead atoms. The third-order valence-corrected chi connectivity index (χ3v) is 6.28. The Balaban J connectivity index is 1.86. The number of benzene rings is 4. The average molecular weight is 336 g/mol. The summed E-state index contributed by atoms with van der Waals surface area (Å²) in [5, 5.41) is 7.97. The summed E-state index contributed by atoms with van der Waals surface area (Å²) in [6.07, 6.45) is 1.15. The summed E-state index contributed by atoms with van der Waals surface area (Å²) in [5.41, 5.74) is 6.11. The molecule has 0 heterocycles. The Morgan fingerprint density at radius 1 is 0.654 bits per heavy atom. The zero-order valence-electron chi connectivity index (χ0n) is 16.0. The first-order valence-electron chi connectivity index (χ1n) is 9.50. The van der Waals surface area contributed by atoms with Gasteiger partial charge >= 0.3 is 0 Å². The molecule has 0 aliphatic heterocycles. The Hall–Kier alpha value is -2.60. The van der Waals surface area contributed by atoms with E-state index in [4.69, 9.17) is 0 Å². The van der Waals surface area contributed by atoms with Crippen LogP contribution in [-0.2, 0) is 5.41 Å². The number of allylic oxidation sites excluding steroid dienone is 2. The van der Waals surface area contributed by atoms with Crippen molar-refractivity contribution in [3.8, 4) is 0 Å². The number of hydrogen-bond donors (Lipinski definition) is 0. The summed E-state index contributed by atoms with van der Waals surface area (Å²) < 4.78 is 0. The van der Waals surface area contributed by atoms with Crippen molar-refractivity contribution in [2.45, 2.75) is 39.5 Å². The molecule has 0 saturated heterocycles. The van der Waals surface area contributed by atoms with E-state index in [2.05, 4.69) is 88.4 Å². The van der Waals surface area contributed by atoms with E-state index in [0.29, 0.717) is 0 Å². The highest BCUT2D eigenvalue weighted by Crippen LogP contribution is 2.44. The topological polar surface area (TPSA) is 0 Å². The standard InChI is InChI=1S/C26H24/c1-16-15-26(3,4)25-14-23-12-21-10-19-8-6-5-7-18(19)9-20(21)11-22(23)13-24(25)17(16)2/h5-14H,15H2,1-4H3. The number of fused-ring (bicyclic) bond motifs is 4. The fourth-order valence-electron chi connectivity index (χ4n) is 4.73. The van der Waals surface area contributed by atoms with Crippen LogP contribution in [0.1, 0.15) is 45.2 Å². The van der Waals surface area contributed by atoms with Crippen LogP contribution in [-0.4, -0.2) is 0 Å². The van der Waals surface area contributed by atoms with Gasteiger partial charge < -0.3 is 0 Å². The third kappa shape index (κ3) is 2.22. The van der Waals surface area contributed by atoms with Gasteiger partial charge in [-0.05, 0) is 111 Å². The molecule has 0 unspecified atom stereocenters. The predicted octanol–water partition coefficient (Wildman–Crippen LogP) is 7.62. The molecule has 0 spiro atoms. The normalized spacial score (nSPS) is 16.5. The van der Waals surface area contributed by atoms with Gasteiger partial charge in [-0.25, -0.2) is 0 Å².